The zero-order valence-corrected chi connectivity index (χ0v) is 13.6. The molecule has 5 heteroatoms. The van der Waals surface area contributed by atoms with Crippen LogP contribution in [0.3, 0.4) is 0 Å². The van der Waals surface area contributed by atoms with E-state index < -0.39 is 6.10 Å². The molecule has 2 aromatic rings. The second kappa shape index (κ2) is 8.22. The van der Waals surface area contributed by atoms with E-state index in [0.717, 1.165) is 31.5 Å². The minimum Gasteiger partial charge on any atom is -0.477 e. The van der Waals surface area contributed by atoms with E-state index >= 15 is 0 Å². The number of β-amino-alcohol motifs (C(OH)–C–C–N with tert-alkyl or cyclic N) is 1. The van der Waals surface area contributed by atoms with Gasteiger partial charge in [0.15, 0.2) is 0 Å². The van der Waals surface area contributed by atoms with Crippen molar-refractivity contribution in [3.63, 3.8) is 0 Å². The number of likely N-dealkylation sites (tertiary alicyclic amines) is 1. The Hall–Kier alpha value is -1.98. The Morgan fingerprint density at radius 2 is 1.92 bits per heavy atom. The molecule has 0 radical (unpaired) electrons. The topological polar surface area (TPSA) is 45.6 Å². The Morgan fingerprint density at radius 3 is 2.58 bits per heavy atom. The maximum absolute atomic E-state index is 12.9. The number of nitrogens with zero attached hydrogens (tertiary/aromatic N) is 2. The van der Waals surface area contributed by atoms with Crippen molar-refractivity contribution in [3.05, 3.63) is 60.0 Å². The molecule has 0 spiro atoms. The summed E-state index contributed by atoms with van der Waals surface area (Å²) in [6.45, 7) is 3.15. The van der Waals surface area contributed by atoms with Crippen LogP contribution in [0.1, 0.15) is 24.5 Å². The fourth-order valence-corrected chi connectivity index (χ4v) is 3.01. The Morgan fingerprint density at radius 1 is 1.17 bits per heavy atom. The molecule has 0 saturated carbocycles. The quantitative estimate of drug-likeness (QED) is 0.884. The van der Waals surface area contributed by atoms with Gasteiger partial charge in [0, 0.05) is 18.8 Å². The predicted octanol–water partition coefficient (Wildman–Crippen LogP) is 3.05. The monoisotopic (exact) mass is 330 g/mol. The van der Waals surface area contributed by atoms with Gasteiger partial charge in [-0.05, 0) is 55.6 Å². The summed E-state index contributed by atoms with van der Waals surface area (Å²) in [6.07, 6.45) is 3.24. The van der Waals surface area contributed by atoms with E-state index in [1.54, 1.807) is 18.3 Å². The molecule has 1 saturated heterocycles. The Balaban J connectivity index is 1.41. The van der Waals surface area contributed by atoms with Crippen molar-refractivity contribution in [2.75, 3.05) is 26.2 Å². The summed E-state index contributed by atoms with van der Waals surface area (Å²) in [5.74, 6) is 0.914. The van der Waals surface area contributed by atoms with Crippen LogP contribution in [0.15, 0.2) is 48.7 Å². The average Bonchev–Trinajstić information content (AvgIpc) is 2.62. The Labute approximate surface area is 141 Å². The van der Waals surface area contributed by atoms with Crippen molar-refractivity contribution in [1.29, 1.82) is 0 Å². The second-order valence-electron chi connectivity index (χ2n) is 6.29. The van der Waals surface area contributed by atoms with Crippen LogP contribution in [0.2, 0.25) is 0 Å². The van der Waals surface area contributed by atoms with Gasteiger partial charge in [-0.1, -0.05) is 18.2 Å². The van der Waals surface area contributed by atoms with E-state index in [1.165, 1.54) is 12.1 Å². The zero-order chi connectivity index (χ0) is 16.8. The third-order valence-corrected chi connectivity index (χ3v) is 4.50. The molecule has 3 rings (SSSR count). The van der Waals surface area contributed by atoms with Crippen LogP contribution in [0.4, 0.5) is 4.39 Å². The lowest BCUT2D eigenvalue weighted by molar-refractivity contribution is 0.0787. The number of benzene rings is 1. The highest BCUT2D eigenvalue weighted by molar-refractivity contribution is 5.18. The molecule has 24 heavy (non-hydrogen) atoms. The largest absolute Gasteiger partial charge is 0.477 e. The lowest BCUT2D eigenvalue weighted by Crippen LogP contribution is -2.38. The molecule has 1 atom stereocenters. The molecule has 1 N–H and O–H groups in total. The lowest BCUT2D eigenvalue weighted by Gasteiger charge is -2.33. The smallest absolute Gasteiger partial charge is 0.213 e. The number of halogens is 1. The van der Waals surface area contributed by atoms with Crippen molar-refractivity contribution in [2.24, 2.45) is 5.92 Å². The molecule has 0 bridgehead atoms. The molecule has 1 unspecified atom stereocenters. The number of hydrogen-bond donors (Lipinski definition) is 1. The Bertz CT molecular complexity index is 613. The fourth-order valence-electron chi connectivity index (χ4n) is 3.01. The lowest BCUT2D eigenvalue weighted by atomic mass is 9.97. The van der Waals surface area contributed by atoms with Crippen LogP contribution < -0.4 is 4.74 Å². The summed E-state index contributed by atoms with van der Waals surface area (Å²) in [4.78, 5) is 6.42. The van der Waals surface area contributed by atoms with Crippen LogP contribution in [-0.4, -0.2) is 41.2 Å². The van der Waals surface area contributed by atoms with E-state index in [0.29, 0.717) is 24.9 Å². The number of piperidine rings is 1. The minimum atomic E-state index is -0.577. The fraction of sp³-hybridized carbons (Fsp3) is 0.421. The maximum Gasteiger partial charge on any atom is 0.213 e. The molecule has 128 valence electrons. The van der Waals surface area contributed by atoms with Gasteiger partial charge in [-0.3, -0.25) is 0 Å². The third-order valence-electron chi connectivity index (χ3n) is 4.50. The number of hydrogen-bond acceptors (Lipinski definition) is 4. The first kappa shape index (κ1) is 16.9. The van der Waals surface area contributed by atoms with E-state index in [1.807, 2.05) is 18.2 Å². The minimum absolute atomic E-state index is 0.278. The molecule has 1 aromatic heterocycles. The molecule has 1 aliphatic rings. The highest BCUT2D eigenvalue weighted by Crippen LogP contribution is 2.21. The normalized spacial score (nSPS) is 17.6. The summed E-state index contributed by atoms with van der Waals surface area (Å²) >= 11 is 0. The van der Waals surface area contributed by atoms with Gasteiger partial charge >= 0.3 is 0 Å². The number of rotatable bonds is 6. The summed E-state index contributed by atoms with van der Waals surface area (Å²) < 4.78 is 18.7. The summed E-state index contributed by atoms with van der Waals surface area (Å²) in [6, 6.07) is 11.7. The molecular formula is C19H23FN2O2. The van der Waals surface area contributed by atoms with Gasteiger partial charge in [0.05, 0.1) is 12.7 Å². The van der Waals surface area contributed by atoms with Crippen molar-refractivity contribution in [3.8, 4) is 5.88 Å². The first-order valence-corrected chi connectivity index (χ1v) is 8.40. The van der Waals surface area contributed by atoms with Crippen molar-refractivity contribution >= 4 is 0 Å². The first-order chi connectivity index (χ1) is 11.7. The van der Waals surface area contributed by atoms with Gasteiger partial charge in [-0.15, -0.1) is 0 Å². The van der Waals surface area contributed by atoms with Crippen molar-refractivity contribution < 1.29 is 14.2 Å². The van der Waals surface area contributed by atoms with Gasteiger partial charge in [-0.25, -0.2) is 9.37 Å². The zero-order valence-electron chi connectivity index (χ0n) is 13.6. The molecule has 4 nitrogen and oxygen atoms in total. The van der Waals surface area contributed by atoms with E-state index in [4.69, 9.17) is 4.74 Å². The van der Waals surface area contributed by atoms with E-state index in [-0.39, 0.29) is 5.82 Å². The molecule has 1 aromatic carbocycles. The number of aliphatic hydroxyl groups is 1. The number of ether oxygens (including phenoxy) is 1. The molecule has 0 aliphatic carbocycles. The van der Waals surface area contributed by atoms with Crippen molar-refractivity contribution in [1.82, 2.24) is 9.88 Å². The average molecular weight is 330 g/mol. The standard InChI is InChI=1S/C19H23FN2O2/c20-17-6-4-16(5-7-17)18(23)13-22-11-8-15(9-12-22)14-24-19-3-1-2-10-21-19/h1-7,10,15,18,23H,8-9,11-14H2. The third kappa shape index (κ3) is 4.76. The number of aromatic nitrogens is 1. The predicted molar refractivity (Wildman–Crippen MR) is 90.3 cm³/mol. The molecule has 2 heterocycles. The molecular weight excluding hydrogens is 307 g/mol. The van der Waals surface area contributed by atoms with Gasteiger partial charge in [0.1, 0.15) is 5.82 Å². The number of aliphatic hydroxyl groups excluding tert-OH is 1. The highest BCUT2D eigenvalue weighted by Gasteiger charge is 2.22. The van der Waals surface area contributed by atoms with Gasteiger partial charge in [-0.2, -0.15) is 0 Å². The second-order valence-corrected chi connectivity index (χ2v) is 6.29. The molecule has 1 fully saturated rings. The van der Waals surface area contributed by atoms with Crippen LogP contribution in [-0.2, 0) is 0 Å². The molecule has 1 aliphatic heterocycles. The maximum atomic E-state index is 12.9. The van der Waals surface area contributed by atoms with Gasteiger partial charge < -0.3 is 14.7 Å². The van der Waals surface area contributed by atoms with Crippen LogP contribution in [0.25, 0.3) is 0 Å². The van der Waals surface area contributed by atoms with Crippen molar-refractivity contribution in [2.45, 2.75) is 18.9 Å². The van der Waals surface area contributed by atoms with Gasteiger partial charge in [0.25, 0.3) is 0 Å². The van der Waals surface area contributed by atoms with E-state index in [2.05, 4.69) is 9.88 Å². The summed E-state index contributed by atoms with van der Waals surface area (Å²) in [7, 11) is 0. The Kier molecular flexibility index (Phi) is 5.77. The summed E-state index contributed by atoms with van der Waals surface area (Å²) in [5.41, 5.74) is 0.761. The highest BCUT2D eigenvalue weighted by atomic mass is 19.1. The SMILES string of the molecule is OC(CN1CCC(COc2ccccn2)CC1)c1ccc(F)cc1. The summed E-state index contributed by atoms with van der Waals surface area (Å²) in [5, 5.41) is 10.3. The van der Waals surface area contributed by atoms with Crippen LogP contribution in [0, 0.1) is 11.7 Å². The van der Waals surface area contributed by atoms with Crippen LogP contribution in [0.5, 0.6) is 5.88 Å². The van der Waals surface area contributed by atoms with Gasteiger partial charge in [0.2, 0.25) is 5.88 Å². The van der Waals surface area contributed by atoms with Crippen LogP contribution >= 0.6 is 0 Å². The molecule has 0 amide bonds. The first-order valence-electron chi connectivity index (χ1n) is 8.40. The number of pyridine rings is 1. The van der Waals surface area contributed by atoms with E-state index in [9.17, 15) is 9.50 Å².